The summed E-state index contributed by atoms with van der Waals surface area (Å²) < 4.78 is 3.90. The summed E-state index contributed by atoms with van der Waals surface area (Å²) in [4.78, 5) is 0.945. The predicted molar refractivity (Wildman–Crippen MR) is 62.9 cm³/mol. The molecule has 0 fully saturated rings. The fourth-order valence-electron chi connectivity index (χ4n) is 1.47. The zero-order chi connectivity index (χ0) is 11.1. The number of aryl methyl sites for hydroxylation is 1. The highest BCUT2D eigenvalue weighted by Crippen LogP contribution is 2.25. The van der Waals surface area contributed by atoms with Crippen molar-refractivity contribution in [2.45, 2.75) is 45.1 Å². The van der Waals surface area contributed by atoms with Crippen molar-refractivity contribution in [2.75, 3.05) is 0 Å². The number of aliphatic hydroxyl groups is 1. The van der Waals surface area contributed by atoms with Crippen molar-refractivity contribution in [1.82, 2.24) is 9.59 Å². The molecule has 0 bridgehead atoms. The van der Waals surface area contributed by atoms with E-state index < -0.39 is 6.10 Å². The van der Waals surface area contributed by atoms with Gasteiger partial charge in [-0.2, -0.15) is 0 Å². The molecule has 1 atom stereocenters. The van der Waals surface area contributed by atoms with E-state index >= 15 is 0 Å². The lowest BCUT2D eigenvalue weighted by atomic mass is 10.1. The molecular weight excluding hydrogens is 208 g/mol. The quantitative estimate of drug-likeness (QED) is 0.574. The fraction of sp³-hybridized carbons (Fsp3) is 0.636. The van der Waals surface area contributed by atoms with Crippen LogP contribution >= 0.6 is 11.5 Å². The van der Waals surface area contributed by atoms with Crippen molar-refractivity contribution in [3.8, 4) is 0 Å². The molecule has 0 amide bonds. The predicted octanol–water partition coefficient (Wildman–Crippen LogP) is 2.88. The highest BCUT2D eigenvalue weighted by Gasteiger charge is 2.15. The van der Waals surface area contributed by atoms with Gasteiger partial charge >= 0.3 is 0 Å². The Labute approximate surface area is 95.0 Å². The Morgan fingerprint density at radius 3 is 3.07 bits per heavy atom. The molecule has 1 heterocycles. The second kappa shape index (κ2) is 6.69. The average molecular weight is 226 g/mol. The van der Waals surface area contributed by atoms with Crippen molar-refractivity contribution in [2.24, 2.45) is 0 Å². The van der Waals surface area contributed by atoms with Gasteiger partial charge in [-0.25, -0.2) is 0 Å². The van der Waals surface area contributed by atoms with E-state index in [1.165, 1.54) is 11.5 Å². The number of aliphatic hydroxyl groups excluding tert-OH is 1. The van der Waals surface area contributed by atoms with Crippen LogP contribution in [0, 0.1) is 0 Å². The van der Waals surface area contributed by atoms with Crippen molar-refractivity contribution in [3.63, 3.8) is 0 Å². The van der Waals surface area contributed by atoms with Gasteiger partial charge in [0.25, 0.3) is 0 Å². The number of allylic oxidation sites excluding steroid dienone is 1. The molecule has 0 radical (unpaired) electrons. The third-order valence-electron chi connectivity index (χ3n) is 2.26. The van der Waals surface area contributed by atoms with Gasteiger partial charge in [0.15, 0.2) is 0 Å². The molecule has 0 aliphatic rings. The van der Waals surface area contributed by atoms with Gasteiger partial charge in [0, 0.05) is 0 Å². The topological polar surface area (TPSA) is 46.0 Å². The summed E-state index contributed by atoms with van der Waals surface area (Å²) in [5.41, 5.74) is 0.966. The van der Waals surface area contributed by atoms with Crippen LogP contribution in [0.25, 0.3) is 0 Å². The van der Waals surface area contributed by atoms with Crippen LogP contribution in [-0.2, 0) is 6.42 Å². The lowest BCUT2D eigenvalue weighted by molar-refractivity contribution is 0.167. The summed E-state index contributed by atoms with van der Waals surface area (Å²) in [5, 5.41) is 14.0. The third kappa shape index (κ3) is 3.72. The Bertz CT molecular complexity index is 299. The first-order chi connectivity index (χ1) is 7.29. The van der Waals surface area contributed by atoms with Crippen LogP contribution in [0.3, 0.4) is 0 Å². The summed E-state index contributed by atoms with van der Waals surface area (Å²) >= 11 is 1.32. The van der Waals surface area contributed by atoms with E-state index in [4.69, 9.17) is 0 Å². The van der Waals surface area contributed by atoms with Crippen molar-refractivity contribution < 1.29 is 5.11 Å². The van der Waals surface area contributed by atoms with Crippen LogP contribution in [0.5, 0.6) is 0 Å². The monoisotopic (exact) mass is 226 g/mol. The normalized spacial score (nSPS) is 12.7. The highest BCUT2D eigenvalue weighted by atomic mass is 32.1. The number of hydrogen-bond acceptors (Lipinski definition) is 4. The van der Waals surface area contributed by atoms with E-state index in [0.717, 1.165) is 42.7 Å². The van der Waals surface area contributed by atoms with Gasteiger partial charge in [-0.15, -0.1) is 11.7 Å². The smallest absolute Gasteiger partial charge is 0.0917 e. The number of hydrogen-bond donors (Lipinski definition) is 1. The number of unbranched alkanes of at least 4 members (excludes halogenated alkanes) is 1. The molecule has 1 N–H and O–H groups in total. The van der Waals surface area contributed by atoms with Gasteiger partial charge in [0.2, 0.25) is 0 Å². The largest absolute Gasteiger partial charge is 0.387 e. The molecule has 1 rings (SSSR count). The van der Waals surface area contributed by atoms with Gasteiger partial charge in [-0.1, -0.05) is 23.9 Å². The molecule has 15 heavy (non-hydrogen) atoms. The number of aromatic nitrogens is 2. The van der Waals surface area contributed by atoms with E-state index in [1.807, 2.05) is 6.08 Å². The Morgan fingerprint density at radius 2 is 2.40 bits per heavy atom. The first kappa shape index (κ1) is 12.3. The molecule has 0 aliphatic heterocycles. The lowest BCUT2D eigenvalue weighted by Gasteiger charge is -2.08. The maximum absolute atomic E-state index is 9.94. The summed E-state index contributed by atoms with van der Waals surface area (Å²) in [6.07, 6.45) is 6.12. The van der Waals surface area contributed by atoms with Gasteiger partial charge in [-0.3, -0.25) is 0 Å². The minimum absolute atomic E-state index is 0.397. The second-order valence-electron chi connectivity index (χ2n) is 3.57. The zero-order valence-electron chi connectivity index (χ0n) is 9.15. The molecule has 0 saturated carbocycles. The second-order valence-corrected chi connectivity index (χ2v) is 4.35. The standard InChI is InChI=1S/C11H18N2OS/c1-3-5-6-8-10(14)11-9(7-4-2)12-13-15-11/h3,10,14H,1,4-8H2,2H3. The molecular formula is C11H18N2OS. The van der Waals surface area contributed by atoms with Crippen molar-refractivity contribution in [1.29, 1.82) is 0 Å². The Balaban J connectivity index is 2.52. The van der Waals surface area contributed by atoms with Gasteiger partial charge in [0.05, 0.1) is 16.7 Å². The van der Waals surface area contributed by atoms with Crippen LogP contribution in [0.2, 0.25) is 0 Å². The number of rotatable bonds is 7. The Kier molecular flexibility index (Phi) is 5.50. The Morgan fingerprint density at radius 1 is 1.60 bits per heavy atom. The van der Waals surface area contributed by atoms with Crippen LogP contribution in [0.4, 0.5) is 0 Å². The third-order valence-corrected chi connectivity index (χ3v) is 3.13. The minimum atomic E-state index is -0.397. The van der Waals surface area contributed by atoms with Gasteiger partial charge in [0.1, 0.15) is 0 Å². The summed E-state index contributed by atoms with van der Waals surface area (Å²) in [6.45, 7) is 5.77. The van der Waals surface area contributed by atoms with Gasteiger partial charge in [-0.05, 0) is 37.2 Å². The molecule has 1 aromatic heterocycles. The zero-order valence-corrected chi connectivity index (χ0v) is 9.96. The minimum Gasteiger partial charge on any atom is -0.387 e. The molecule has 0 aromatic carbocycles. The molecule has 1 unspecified atom stereocenters. The lowest BCUT2D eigenvalue weighted by Crippen LogP contribution is -1.99. The molecule has 84 valence electrons. The van der Waals surface area contributed by atoms with E-state index in [1.54, 1.807) is 0 Å². The van der Waals surface area contributed by atoms with E-state index in [-0.39, 0.29) is 0 Å². The van der Waals surface area contributed by atoms with E-state index in [9.17, 15) is 5.11 Å². The maximum Gasteiger partial charge on any atom is 0.0917 e. The molecule has 0 aliphatic carbocycles. The molecule has 4 heteroatoms. The molecule has 1 aromatic rings. The first-order valence-electron chi connectivity index (χ1n) is 5.39. The van der Waals surface area contributed by atoms with E-state index in [2.05, 4.69) is 23.1 Å². The maximum atomic E-state index is 9.94. The van der Waals surface area contributed by atoms with Crippen LogP contribution in [0.1, 0.15) is 49.3 Å². The van der Waals surface area contributed by atoms with Gasteiger partial charge < -0.3 is 5.11 Å². The summed E-state index contributed by atoms with van der Waals surface area (Å²) in [6, 6.07) is 0. The fourth-order valence-corrected chi connectivity index (χ4v) is 2.18. The Hall–Kier alpha value is -0.740. The molecule has 0 spiro atoms. The van der Waals surface area contributed by atoms with Crippen LogP contribution in [0.15, 0.2) is 12.7 Å². The number of nitrogens with zero attached hydrogens (tertiary/aromatic N) is 2. The van der Waals surface area contributed by atoms with Crippen LogP contribution < -0.4 is 0 Å². The first-order valence-corrected chi connectivity index (χ1v) is 6.17. The van der Waals surface area contributed by atoms with Crippen molar-refractivity contribution in [3.05, 3.63) is 23.2 Å². The van der Waals surface area contributed by atoms with Crippen LogP contribution in [-0.4, -0.2) is 14.7 Å². The summed E-state index contributed by atoms with van der Waals surface area (Å²) in [7, 11) is 0. The SMILES string of the molecule is C=CCCCC(O)c1snnc1CCC. The average Bonchev–Trinajstić information content (AvgIpc) is 2.67. The molecule has 3 nitrogen and oxygen atoms in total. The van der Waals surface area contributed by atoms with Crippen molar-refractivity contribution >= 4 is 11.5 Å². The summed E-state index contributed by atoms with van der Waals surface area (Å²) in [5.74, 6) is 0. The van der Waals surface area contributed by atoms with E-state index in [0.29, 0.717) is 0 Å². The molecule has 0 saturated heterocycles. The highest BCUT2D eigenvalue weighted by molar-refractivity contribution is 7.05.